The summed E-state index contributed by atoms with van der Waals surface area (Å²) in [6.45, 7) is 3.52. The molecule has 1 unspecified atom stereocenters. The van der Waals surface area contributed by atoms with Gasteiger partial charge in [0.25, 0.3) is 0 Å². The molecule has 34 heavy (non-hydrogen) atoms. The number of ether oxygens (including phenoxy) is 1. The molecule has 2 nitrogen and oxygen atoms in total. The van der Waals surface area contributed by atoms with Crippen molar-refractivity contribution in [3.8, 4) is 0 Å². The van der Waals surface area contributed by atoms with Crippen molar-refractivity contribution in [1.29, 1.82) is 0 Å². The van der Waals surface area contributed by atoms with Crippen LogP contribution in [-0.4, -0.2) is 18.8 Å². The van der Waals surface area contributed by atoms with E-state index < -0.39 is 29.1 Å². The first kappa shape index (κ1) is 23.3. The number of benzene rings is 3. The SMILES string of the molecule is C=CCOC(=O)C1=CC=C(C(F)(F)F)C(c2ccccc2)(c2ccccc2)C1c1ccccc1. The fourth-order valence-electron chi connectivity index (χ4n) is 4.80. The Kier molecular flexibility index (Phi) is 6.55. The van der Waals surface area contributed by atoms with E-state index in [1.807, 2.05) is 0 Å². The van der Waals surface area contributed by atoms with Gasteiger partial charge in [0.15, 0.2) is 0 Å². The highest BCUT2D eigenvalue weighted by atomic mass is 19.4. The van der Waals surface area contributed by atoms with Crippen molar-refractivity contribution in [3.63, 3.8) is 0 Å². The van der Waals surface area contributed by atoms with E-state index in [4.69, 9.17) is 4.74 Å². The Hall–Kier alpha value is -3.86. The van der Waals surface area contributed by atoms with Crippen LogP contribution in [0.3, 0.4) is 0 Å². The molecule has 0 saturated carbocycles. The van der Waals surface area contributed by atoms with E-state index in [1.54, 1.807) is 91.0 Å². The van der Waals surface area contributed by atoms with E-state index in [1.165, 1.54) is 12.2 Å². The molecule has 0 heterocycles. The van der Waals surface area contributed by atoms with Crippen LogP contribution in [0.15, 0.2) is 127 Å². The van der Waals surface area contributed by atoms with Gasteiger partial charge in [0.2, 0.25) is 0 Å². The Labute approximate surface area is 196 Å². The fourth-order valence-corrected chi connectivity index (χ4v) is 4.80. The molecular weight excluding hydrogens is 437 g/mol. The van der Waals surface area contributed by atoms with Crippen LogP contribution in [0.5, 0.6) is 0 Å². The van der Waals surface area contributed by atoms with E-state index >= 15 is 0 Å². The van der Waals surface area contributed by atoms with E-state index in [2.05, 4.69) is 6.58 Å². The lowest BCUT2D eigenvalue weighted by molar-refractivity contribution is -0.138. The highest BCUT2D eigenvalue weighted by Gasteiger charge is 2.57. The monoisotopic (exact) mass is 460 g/mol. The van der Waals surface area contributed by atoms with Crippen molar-refractivity contribution in [3.05, 3.63) is 144 Å². The van der Waals surface area contributed by atoms with Gasteiger partial charge in [-0.15, -0.1) is 0 Å². The lowest BCUT2D eigenvalue weighted by atomic mass is 9.55. The summed E-state index contributed by atoms with van der Waals surface area (Å²) in [6, 6.07) is 25.9. The van der Waals surface area contributed by atoms with Gasteiger partial charge in [-0.1, -0.05) is 116 Å². The van der Waals surface area contributed by atoms with Gasteiger partial charge in [0.1, 0.15) is 6.61 Å². The lowest BCUT2D eigenvalue weighted by Gasteiger charge is -2.46. The first-order valence-electron chi connectivity index (χ1n) is 10.8. The molecule has 172 valence electrons. The summed E-state index contributed by atoms with van der Waals surface area (Å²) in [4.78, 5) is 13.2. The number of carbonyl (C=O) groups excluding carboxylic acids is 1. The summed E-state index contributed by atoms with van der Waals surface area (Å²) < 4.78 is 49.7. The minimum Gasteiger partial charge on any atom is -0.458 e. The molecule has 0 aromatic heterocycles. The smallest absolute Gasteiger partial charge is 0.413 e. The van der Waals surface area contributed by atoms with Crippen LogP contribution in [0.25, 0.3) is 0 Å². The van der Waals surface area contributed by atoms with Crippen molar-refractivity contribution < 1.29 is 22.7 Å². The second kappa shape index (κ2) is 9.56. The number of allylic oxidation sites excluding steroid dienone is 3. The molecule has 1 aliphatic carbocycles. The maximum Gasteiger partial charge on any atom is 0.413 e. The second-order valence-corrected chi connectivity index (χ2v) is 7.97. The number of halogens is 3. The van der Waals surface area contributed by atoms with E-state index in [9.17, 15) is 18.0 Å². The van der Waals surface area contributed by atoms with Crippen LogP contribution in [0.2, 0.25) is 0 Å². The molecule has 1 atom stereocenters. The van der Waals surface area contributed by atoms with Crippen LogP contribution >= 0.6 is 0 Å². The summed E-state index contributed by atoms with van der Waals surface area (Å²) in [6.07, 6.45) is -0.969. The van der Waals surface area contributed by atoms with Crippen LogP contribution in [0.1, 0.15) is 22.6 Å². The molecule has 0 spiro atoms. The first-order valence-corrected chi connectivity index (χ1v) is 10.8. The Bertz CT molecular complexity index is 1170. The lowest BCUT2D eigenvalue weighted by Crippen LogP contribution is -2.45. The minimum atomic E-state index is -4.66. The van der Waals surface area contributed by atoms with Crippen LogP contribution in [0, 0.1) is 0 Å². The van der Waals surface area contributed by atoms with Gasteiger partial charge in [-0.05, 0) is 16.7 Å². The van der Waals surface area contributed by atoms with Gasteiger partial charge in [0.05, 0.1) is 5.41 Å². The van der Waals surface area contributed by atoms with Crippen LogP contribution in [-0.2, 0) is 14.9 Å². The van der Waals surface area contributed by atoms with Crippen molar-refractivity contribution in [1.82, 2.24) is 0 Å². The second-order valence-electron chi connectivity index (χ2n) is 7.97. The molecule has 1 aliphatic rings. The van der Waals surface area contributed by atoms with Crippen LogP contribution < -0.4 is 0 Å². The highest BCUT2D eigenvalue weighted by Crippen LogP contribution is 2.58. The van der Waals surface area contributed by atoms with Crippen molar-refractivity contribution in [2.75, 3.05) is 6.61 Å². The van der Waals surface area contributed by atoms with Gasteiger partial charge < -0.3 is 4.74 Å². The number of hydrogen-bond acceptors (Lipinski definition) is 2. The summed E-state index contributed by atoms with van der Waals surface area (Å²) in [5, 5.41) is 0. The molecular formula is C29H23F3O2. The number of carbonyl (C=O) groups is 1. The number of rotatable bonds is 6. The molecule has 0 N–H and O–H groups in total. The molecule has 0 aliphatic heterocycles. The quantitative estimate of drug-likeness (QED) is 0.295. The van der Waals surface area contributed by atoms with Gasteiger partial charge in [-0.2, -0.15) is 13.2 Å². The number of alkyl halides is 3. The summed E-state index contributed by atoms with van der Waals surface area (Å²) in [5.74, 6) is -1.67. The summed E-state index contributed by atoms with van der Waals surface area (Å²) in [5.41, 5.74) is -0.881. The zero-order valence-electron chi connectivity index (χ0n) is 18.3. The third-order valence-corrected chi connectivity index (χ3v) is 6.06. The van der Waals surface area contributed by atoms with Crippen molar-refractivity contribution in [2.24, 2.45) is 0 Å². The maximum absolute atomic E-state index is 14.8. The fraction of sp³-hybridized carbons (Fsp3) is 0.138. The van der Waals surface area contributed by atoms with Gasteiger partial charge >= 0.3 is 12.1 Å². The molecule has 4 rings (SSSR count). The molecule has 0 saturated heterocycles. The van der Waals surface area contributed by atoms with Crippen LogP contribution in [0.4, 0.5) is 13.2 Å². The average Bonchev–Trinajstić information content (AvgIpc) is 2.87. The Balaban J connectivity index is 2.13. The largest absolute Gasteiger partial charge is 0.458 e. The average molecular weight is 460 g/mol. The molecule has 5 heteroatoms. The third kappa shape index (κ3) is 4.10. The molecule has 0 fully saturated rings. The van der Waals surface area contributed by atoms with E-state index in [-0.39, 0.29) is 12.2 Å². The third-order valence-electron chi connectivity index (χ3n) is 6.06. The van der Waals surface area contributed by atoms with Crippen molar-refractivity contribution >= 4 is 5.97 Å². The molecule has 3 aromatic carbocycles. The predicted octanol–water partition coefficient (Wildman–Crippen LogP) is 6.91. The molecule has 0 amide bonds. The van der Waals surface area contributed by atoms with E-state index in [0.717, 1.165) is 6.08 Å². The molecule has 0 radical (unpaired) electrons. The molecule has 3 aromatic rings. The number of hydrogen-bond donors (Lipinski definition) is 0. The maximum atomic E-state index is 14.8. The first-order chi connectivity index (χ1) is 16.4. The zero-order chi connectivity index (χ0) is 24.2. The Morgan fingerprint density at radius 1 is 0.853 bits per heavy atom. The summed E-state index contributed by atoms with van der Waals surface area (Å²) >= 11 is 0. The Morgan fingerprint density at radius 2 is 1.35 bits per heavy atom. The van der Waals surface area contributed by atoms with Gasteiger partial charge in [0, 0.05) is 17.1 Å². The topological polar surface area (TPSA) is 26.3 Å². The predicted molar refractivity (Wildman–Crippen MR) is 126 cm³/mol. The van der Waals surface area contributed by atoms with Gasteiger partial charge in [-0.25, -0.2) is 4.79 Å². The van der Waals surface area contributed by atoms with Crippen molar-refractivity contribution in [2.45, 2.75) is 17.5 Å². The normalized spacial score (nSPS) is 17.3. The minimum absolute atomic E-state index is 0.0444. The summed E-state index contributed by atoms with van der Waals surface area (Å²) in [7, 11) is 0. The van der Waals surface area contributed by atoms with Gasteiger partial charge in [-0.3, -0.25) is 0 Å². The standard InChI is InChI=1S/C29H23F3O2/c1-2-20-34-27(33)24-18-19-25(29(30,31)32)28(22-14-8-4-9-15-22,23-16-10-5-11-17-23)26(24)21-12-6-3-7-13-21/h2-19,26H,1,20H2. The number of esters is 1. The Morgan fingerprint density at radius 3 is 1.82 bits per heavy atom. The van der Waals surface area contributed by atoms with E-state index in [0.29, 0.717) is 16.7 Å². The molecule has 0 bridgehead atoms. The zero-order valence-corrected chi connectivity index (χ0v) is 18.3. The highest BCUT2D eigenvalue weighted by molar-refractivity contribution is 5.93.